The Bertz CT molecular complexity index is 641. The van der Waals surface area contributed by atoms with E-state index in [-0.39, 0.29) is 0 Å². The lowest BCUT2D eigenvalue weighted by atomic mass is 9.94. The Hall–Kier alpha value is -1.81. The highest BCUT2D eigenvalue weighted by atomic mass is 15.3. The van der Waals surface area contributed by atoms with E-state index in [1.807, 2.05) is 0 Å². The van der Waals surface area contributed by atoms with Crippen LogP contribution < -0.4 is 4.90 Å². The molecular formula is C20H28N4. The van der Waals surface area contributed by atoms with Gasteiger partial charge in [-0.3, -0.25) is 10.00 Å². The van der Waals surface area contributed by atoms with Crippen molar-refractivity contribution in [2.75, 3.05) is 37.6 Å². The predicted octanol–water partition coefficient (Wildman–Crippen LogP) is 3.04. The average Bonchev–Trinajstić information content (AvgIpc) is 3.06. The number of aromatic nitrogens is 2. The molecule has 4 nitrogen and oxygen atoms in total. The van der Waals surface area contributed by atoms with Crippen LogP contribution in [0.5, 0.6) is 0 Å². The van der Waals surface area contributed by atoms with Crippen molar-refractivity contribution < 1.29 is 0 Å². The van der Waals surface area contributed by atoms with E-state index in [1.165, 1.54) is 74.4 Å². The molecule has 1 aromatic carbocycles. The highest BCUT2D eigenvalue weighted by Gasteiger charge is 2.18. The minimum Gasteiger partial charge on any atom is -0.369 e. The number of piperazine rings is 1. The number of aromatic amines is 1. The zero-order chi connectivity index (χ0) is 16.2. The van der Waals surface area contributed by atoms with Crippen LogP contribution in [0.25, 0.3) is 0 Å². The van der Waals surface area contributed by atoms with Gasteiger partial charge in [0.05, 0.1) is 5.69 Å². The van der Waals surface area contributed by atoms with Gasteiger partial charge in [0.2, 0.25) is 0 Å². The van der Waals surface area contributed by atoms with Gasteiger partial charge in [-0.25, -0.2) is 0 Å². The lowest BCUT2D eigenvalue weighted by molar-refractivity contribution is 0.255. The molecule has 24 heavy (non-hydrogen) atoms. The second kappa shape index (κ2) is 7.39. The fourth-order valence-electron chi connectivity index (χ4n) is 4.10. The van der Waals surface area contributed by atoms with Crippen molar-refractivity contribution in [2.24, 2.45) is 0 Å². The molecule has 4 rings (SSSR count). The van der Waals surface area contributed by atoms with Crippen LogP contribution in [0.4, 0.5) is 5.69 Å². The molecule has 1 aliphatic carbocycles. The van der Waals surface area contributed by atoms with E-state index in [0.29, 0.717) is 0 Å². The first-order chi connectivity index (χ1) is 11.9. The molecule has 1 aromatic heterocycles. The first kappa shape index (κ1) is 15.7. The van der Waals surface area contributed by atoms with Crippen molar-refractivity contribution in [1.29, 1.82) is 0 Å². The van der Waals surface area contributed by atoms with Crippen LogP contribution in [0.1, 0.15) is 36.2 Å². The van der Waals surface area contributed by atoms with Gasteiger partial charge in [0, 0.05) is 37.6 Å². The van der Waals surface area contributed by atoms with Crippen molar-refractivity contribution >= 4 is 5.69 Å². The number of para-hydroxylation sites is 1. The van der Waals surface area contributed by atoms with Crippen LogP contribution in [0.3, 0.4) is 0 Å². The third kappa shape index (κ3) is 3.48. The fraction of sp³-hybridized carbons (Fsp3) is 0.550. The van der Waals surface area contributed by atoms with Crippen LogP contribution in [0, 0.1) is 0 Å². The summed E-state index contributed by atoms with van der Waals surface area (Å²) in [5.74, 6) is 0. The Kier molecular flexibility index (Phi) is 4.83. The Morgan fingerprint density at radius 2 is 1.75 bits per heavy atom. The molecule has 0 amide bonds. The molecule has 0 saturated carbocycles. The minimum absolute atomic E-state index is 1.14. The molecule has 1 saturated heterocycles. The lowest BCUT2D eigenvalue weighted by Gasteiger charge is -2.36. The zero-order valence-corrected chi connectivity index (χ0v) is 14.5. The molecule has 1 aliphatic heterocycles. The summed E-state index contributed by atoms with van der Waals surface area (Å²) in [4.78, 5) is 5.12. The Balaban J connectivity index is 1.23. The first-order valence-electron chi connectivity index (χ1n) is 9.47. The molecule has 0 atom stereocenters. The molecule has 0 bridgehead atoms. The molecule has 1 N–H and O–H groups in total. The smallest absolute Gasteiger partial charge is 0.0656 e. The van der Waals surface area contributed by atoms with Gasteiger partial charge in [0.15, 0.2) is 0 Å². The number of H-pyrrole nitrogens is 1. The SMILES string of the molecule is c1ccc(N2CCN(CCCc3[nH]nc4c3CCCC4)CC2)cc1. The fourth-order valence-corrected chi connectivity index (χ4v) is 4.10. The first-order valence-corrected chi connectivity index (χ1v) is 9.47. The molecule has 128 valence electrons. The second-order valence-electron chi connectivity index (χ2n) is 7.10. The monoisotopic (exact) mass is 324 g/mol. The number of hydrogen-bond acceptors (Lipinski definition) is 3. The number of nitrogens with zero attached hydrogens (tertiary/aromatic N) is 3. The van der Waals surface area contributed by atoms with E-state index in [1.54, 1.807) is 0 Å². The largest absolute Gasteiger partial charge is 0.369 e. The number of rotatable bonds is 5. The maximum Gasteiger partial charge on any atom is 0.0656 e. The summed E-state index contributed by atoms with van der Waals surface area (Å²) in [6.45, 7) is 5.84. The Labute approximate surface area is 144 Å². The van der Waals surface area contributed by atoms with Crippen LogP contribution >= 0.6 is 0 Å². The van der Waals surface area contributed by atoms with E-state index in [2.05, 4.69) is 50.3 Å². The highest BCUT2D eigenvalue weighted by molar-refractivity contribution is 5.46. The molecule has 0 radical (unpaired) electrons. The van der Waals surface area contributed by atoms with E-state index in [4.69, 9.17) is 0 Å². The van der Waals surface area contributed by atoms with Gasteiger partial charge >= 0.3 is 0 Å². The second-order valence-corrected chi connectivity index (χ2v) is 7.10. The maximum absolute atomic E-state index is 4.52. The zero-order valence-electron chi connectivity index (χ0n) is 14.5. The summed E-state index contributed by atoms with van der Waals surface area (Å²) in [6, 6.07) is 10.8. The van der Waals surface area contributed by atoms with Gasteiger partial charge in [0.1, 0.15) is 0 Å². The van der Waals surface area contributed by atoms with Gasteiger partial charge in [-0.2, -0.15) is 5.10 Å². The highest BCUT2D eigenvalue weighted by Crippen LogP contribution is 2.23. The predicted molar refractivity (Wildman–Crippen MR) is 98.6 cm³/mol. The topological polar surface area (TPSA) is 35.2 Å². The lowest BCUT2D eigenvalue weighted by Crippen LogP contribution is -2.46. The van der Waals surface area contributed by atoms with Crippen LogP contribution in [0.2, 0.25) is 0 Å². The summed E-state index contributed by atoms with van der Waals surface area (Å²) in [5, 5.41) is 7.83. The summed E-state index contributed by atoms with van der Waals surface area (Å²) in [5.41, 5.74) is 5.65. The standard InChI is InChI=1S/C20H28N4/c1-2-7-17(8-3-1)24-15-13-23(14-16-24)12-6-11-20-18-9-4-5-10-19(18)21-22-20/h1-3,7-8H,4-6,9-16H2,(H,21,22). The summed E-state index contributed by atoms with van der Waals surface area (Å²) >= 11 is 0. The number of nitrogens with one attached hydrogen (secondary N) is 1. The van der Waals surface area contributed by atoms with Gasteiger partial charge < -0.3 is 4.90 Å². The summed E-state index contributed by atoms with van der Waals surface area (Å²) in [7, 11) is 0. The number of benzene rings is 1. The van der Waals surface area contributed by atoms with Gasteiger partial charge in [0.25, 0.3) is 0 Å². The third-order valence-corrected chi connectivity index (χ3v) is 5.52. The van der Waals surface area contributed by atoms with Crippen LogP contribution in [-0.2, 0) is 19.3 Å². The average molecular weight is 324 g/mol. The van der Waals surface area contributed by atoms with Crippen molar-refractivity contribution in [1.82, 2.24) is 15.1 Å². The summed E-state index contributed by atoms with van der Waals surface area (Å²) in [6.07, 6.45) is 7.44. The van der Waals surface area contributed by atoms with E-state index < -0.39 is 0 Å². The Morgan fingerprint density at radius 3 is 2.58 bits per heavy atom. The number of fused-ring (bicyclic) bond motifs is 1. The molecule has 2 aliphatic rings. The van der Waals surface area contributed by atoms with E-state index in [9.17, 15) is 0 Å². The van der Waals surface area contributed by atoms with Crippen molar-refractivity contribution in [3.63, 3.8) is 0 Å². The van der Waals surface area contributed by atoms with Crippen LogP contribution in [0.15, 0.2) is 30.3 Å². The van der Waals surface area contributed by atoms with Crippen molar-refractivity contribution in [2.45, 2.75) is 38.5 Å². The van der Waals surface area contributed by atoms with E-state index in [0.717, 1.165) is 19.5 Å². The number of anilines is 1. The van der Waals surface area contributed by atoms with Gasteiger partial charge in [-0.05, 0) is 62.8 Å². The van der Waals surface area contributed by atoms with Crippen molar-refractivity contribution in [3.8, 4) is 0 Å². The molecule has 1 fully saturated rings. The molecule has 0 spiro atoms. The van der Waals surface area contributed by atoms with Gasteiger partial charge in [-0.1, -0.05) is 18.2 Å². The molecule has 2 aromatic rings. The van der Waals surface area contributed by atoms with Crippen LogP contribution in [-0.4, -0.2) is 47.8 Å². The normalized spacial score (nSPS) is 18.6. The molecule has 0 unspecified atom stereocenters. The van der Waals surface area contributed by atoms with E-state index >= 15 is 0 Å². The molecule has 4 heteroatoms. The molecular weight excluding hydrogens is 296 g/mol. The minimum atomic E-state index is 1.14. The number of hydrogen-bond donors (Lipinski definition) is 1. The molecule has 2 heterocycles. The summed E-state index contributed by atoms with van der Waals surface area (Å²) < 4.78 is 0. The number of aryl methyl sites for hydroxylation is 2. The maximum atomic E-state index is 4.52. The quantitative estimate of drug-likeness (QED) is 0.918. The Morgan fingerprint density at radius 1 is 0.958 bits per heavy atom. The van der Waals surface area contributed by atoms with Crippen molar-refractivity contribution in [3.05, 3.63) is 47.3 Å². The third-order valence-electron chi connectivity index (χ3n) is 5.52. The van der Waals surface area contributed by atoms with Gasteiger partial charge in [-0.15, -0.1) is 0 Å².